The zero-order valence-corrected chi connectivity index (χ0v) is 10.9. The van der Waals surface area contributed by atoms with Gasteiger partial charge in [0.05, 0.1) is 19.4 Å². The van der Waals surface area contributed by atoms with Crippen molar-refractivity contribution in [2.45, 2.75) is 19.1 Å². The van der Waals surface area contributed by atoms with Gasteiger partial charge in [-0.2, -0.15) is 0 Å². The minimum atomic E-state index is -1.78. The first-order valence-corrected chi connectivity index (χ1v) is 5.92. The summed E-state index contributed by atoms with van der Waals surface area (Å²) in [5.41, 5.74) is -0.608. The van der Waals surface area contributed by atoms with Crippen molar-refractivity contribution in [1.29, 1.82) is 0 Å². The van der Waals surface area contributed by atoms with Crippen molar-refractivity contribution >= 4 is 23.3 Å². The minimum absolute atomic E-state index is 0.0528. The van der Waals surface area contributed by atoms with E-state index in [-0.39, 0.29) is 13.0 Å². The molecule has 0 saturated heterocycles. The zero-order chi connectivity index (χ0) is 13.3. The van der Waals surface area contributed by atoms with Crippen LogP contribution in [0, 0.1) is 0 Å². The Hall–Kier alpha value is -1.46. The summed E-state index contributed by atoms with van der Waals surface area (Å²) >= 11 is 6.05. The molecule has 0 fully saturated rings. The van der Waals surface area contributed by atoms with Gasteiger partial charge in [0, 0.05) is 17.0 Å². The van der Waals surface area contributed by atoms with E-state index in [4.69, 9.17) is 21.1 Å². The molecule has 1 atom stereocenters. The van der Waals surface area contributed by atoms with Crippen LogP contribution in [0.5, 0.6) is 5.75 Å². The number of carbonyl (C=O) groups is 1. The first-order valence-electron chi connectivity index (χ1n) is 5.55. The summed E-state index contributed by atoms with van der Waals surface area (Å²) < 4.78 is 10.00. The molecule has 0 saturated carbocycles. The fraction of sp³-hybridized carbons (Fsp3) is 0.417. The van der Waals surface area contributed by atoms with Crippen LogP contribution in [0.2, 0.25) is 5.02 Å². The van der Waals surface area contributed by atoms with E-state index in [1.54, 1.807) is 19.1 Å². The quantitative estimate of drug-likeness (QED) is 0.817. The molecule has 1 aliphatic rings. The second-order valence-electron chi connectivity index (χ2n) is 3.99. The van der Waals surface area contributed by atoms with Crippen LogP contribution in [-0.4, -0.2) is 30.5 Å². The lowest BCUT2D eigenvalue weighted by Crippen LogP contribution is -2.46. The second-order valence-corrected chi connectivity index (χ2v) is 4.39. The molecule has 0 radical (unpaired) electrons. The van der Waals surface area contributed by atoms with Crippen molar-refractivity contribution in [3.8, 4) is 5.75 Å². The molecule has 0 bridgehead atoms. The van der Waals surface area contributed by atoms with E-state index in [0.29, 0.717) is 22.0 Å². The molecule has 1 aromatic rings. The Morgan fingerprint density at radius 3 is 2.94 bits per heavy atom. The Morgan fingerprint density at radius 1 is 1.61 bits per heavy atom. The number of halogens is 1. The normalized spacial score (nSPS) is 21.1. The molecule has 1 heterocycles. The number of esters is 1. The Morgan fingerprint density at radius 2 is 2.33 bits per heavy atom. The maximum absolute atomic E-state index is 11.7. The van der Waals surface area contributed by atoms with Crippen LogP contribution in [0.4, 0.5) is 5.69 Å². The summed E-state index contributed by atoms with van der Waals surface area (Å²) in [6.07, 6.45) is 0.0528. The van der Waals surface area contributed by atoms with Gasteiger partial charge in [0.25, 0.3) is 0 Å². The minimum Gasteiger partial charge on any atom is -0.495 e. The van der Waals surface area contributed by atoms with E-state index in [1.807, 2.05) is 0 Å². The number of methoxy groups -OCH3 is 1. The maximum atomic E-state index is 11.7. The predicted octanol–water partition coefficient (Wildman–Crippen LogP) is 1.57. The number of benzene rings is 1. The fourth-order valence-electron chi connectivity index (χ4n) is 1.96. The molecule has 0 amide bonds. The number of carbonyl (C=O) groups excluding carboxylic acids is 1. The third-order valence-corrected chi connectivity index (χ3v) is 3.17. The first-order chi connectivity index (χ1) is 8.51. The molecule has 0 aromatic heterocycles. The number of anilines is 1. The van der Waals surface area contributed by atoms with Crippen molar-refractivity contribution in [2.75, 3.05) is 19.0 Å². The van der Waals surface area contributed by atoms with Gasteiger partial charge < -0.3 is 19.9 Å². The van der Waals surface area contributed by atoms with Crippen molar-refractivity contribution in [1.82, 2.24) is 0 Å². The molecule has 98 valence electrons. The first kappa shape index (κ1) is 13.0. The van der Waals surface area contributed by atoms with E-state index in [0.717, 1.165) is 0 Å². The lowest BCUT2D eigenvalue weighted by molar-refractivity contribution is -0.161. The zero-order valence-electron chi connectivity index (χ0n) is 10.1. The molecule has 6 heteroatoms. The summed E-state index contributed by atoms with van der Waals surface area (Å²) in [6, 6.07) is 3.34. The van der Waals surface area contributed by atoms with E-state index in [2.05, 4.69) is 5.32 Å². The predicted molar refractivity (Wildman–Crippen MR) is 66.9 cm³/mol. The summed E-state index contributed by atoms with van der Waals surface area (Å²) in [6.45, 7) is 1.88. The van der Waals surface area contributed by atoms with Crippen LogP contribution in [0.15, 0.2) is 12.1 Å². The van der Waals surface area contributed by atoms with E-state index in [9.17, 15) is 9.90 Å². The number of hydrogen-bond acceptors (Lipinski definition) is 5. The van der Waals surface area contributed by atoms with Gasteiger partial charge in [0.2, 0.25) is 5.72 Å². The van der Waals surface area contributed by atoms with Crippen LogP contribution >= 0.6 is 11.6 Å². The molecular weight excluding hydrogens is 258 g/mol. The van der Waals surface area contributed by atoms with Gasteiger partial charge in [-0.3, -0.25) is 0 Å². The standard InChI is InChI=1S/C12H14ClNO4/c1-3-18-11(15)12(16)6-7-8(13)4-5-9(17-2)10(7)14-12/h4-5,14,16H,3,6H2,1-2H3. The third kappa shape index (κ3) is 2.00. The molecule has 0 aliphatic carbocycles. The number of fused-ring (bicyclic) bond motifs is 1. The summed E-state index contributed by atoms with van der Waals surface area (Å²) in [7, 11) is 1.51. The Kier molecular flexibility index (Phi) is 3.36. The number of aliphatic hydroxyl groups is 1. The monoisotopic (exact) mass is 271 g/mol. The molecular formula is C12H14ClNO4. The average molecular weight is 272 g/mol. The van der Waals surface area contributed by atoms with E-state index in [1.165, 1.54) is 7.11 Å². The number of rotatable bonds is 3. The van der Waals surface area contributed by atoms with Gasteiger partial charge >= 0.3 is 5.97 Å². The highest BCUT2D eigenvalue weighted by Crippen LogP contribution is 2.42. The van der Waals surface area contributed by atoms with Crippen molar-refractivity contribution in [3.63, 3.8) is 0 Å². The highest BCUT2D eigenvalue weighted by molar-refractivity contribution is 6.32. The number of nitrogens with one attached hydrogen (secondary N) is 1. The van der Waals surface area contributed by atoms with E-state index < -0.39 is 11.7 Å². The van der Waals surface area contributed by atoms with Crippen LogP contribution in [0.25, 0.3) is 0 Å². The smallest absolute Gasteiger partial charge is 0.359 e. The van der Waals surface area contributed by atoms with Gasteiger partial charge in [-0.1, -0.05) is 11.6 Å². The fourth-order valence-corrected chi connectivity index (χ4v) is 2.19. The van der Waals surface area contributed by atoms with Crippen LogP contribution in [-0.2, 0) is 16.0 Å². The summed E-state index contributed by atoms with van der Waals surface area (Å²) in [4.78, 5) is 11.7. The number of ether oxygens (including phenoxy) is 2. The second kappa shape index (κ2) is 4.66. The SMILES string of the molecule is CCOC(=O)C1(O)Cc2c(Cl)ccc(OC)c2N1. The Balaban J connectivity index is 2.37. The van der Waals surface area contributed by atoms with E-state index >= 15 is 0 Å². The van der Waals surface area contributed by atoms with Crippen molar-refractivity contribution in [2.24, 2.45) is 0 Å². The Labute approximate surface area is 110 Å². The Bertz CT molecular complexity index is 491. The summed E-state index contributed by atoms with van der Waals surface area (Å²) in [5.74, 6) is -0.200. The third-order valence-electron chi connectivity index (χ3n) is 2.81. The van der Waals surface area contributed by atoms with Gasteiger partial charge in [0.15, 0.2) is 0 Å². The molecule has 2 N–H and O–H groups in total. The summed E-state index contributed by atoms with van der Waals surface area (Å²) in [5, 5.41) is 13.5. The average Bonchev–Trinajstić information content (AvgIpc) is 2.70. The van der Waals surface area contributed by atoms with Crippen LogP contribution in [0.1, 0.15) is 12.5 Å². The highest BCUT2D eigenvalue weighted by Gasteiger charge is 2.45. The van der Waals surface area contributed by atoms with Gasteiger partial charge in [0.1, 0.15) is 5.75 Å². The lowest BCUT2D eigenvalue weighted by atomic mass is 10.1. The van der Waals surface area contributed by atoms with Crippen LogP contribution in [0.3, 0.4) is 0 Å². The molecule has 0 spiro atoms. The highest BCUT2D eigenvalue weighted by atomic mass is 35.5. The van der Waals surface area contributed by atoms with Gasteiger partial charge in [-0.05, 0) is 19.1 Å². The van der Waals surface area contributed by atoms with Crippen molar-refractivity contribution < 1.29 is 19.4 Å². The molecule has 2 rings (SSSR count). The topological polar surface area (TPSA) is 67.8 Å². The lowest BCUT2D eigenvalue weighted by Gasteiger charge is -2.21. The van der Waals surface area contributed by atoms with Crippen LogP contribution < -0.4 is 10.1 Å². The largest absolute Gasteiger partial charge is 0.495 e. The van der Waals surface area contributed by atoms with Crippen molar-refractivity contribution in [3.05, 3.63) is 22.7 Å². The van der Waals surface area contributed by atoms with Gasteiger partial charge in [-0.15, -0.1) is 0 Å². The number of hydrogen-bond donors (Lipinski definition) is 2. The maximum Gasteiger partial charge on any atom is 0.359 e. The van der Waals surface area contributed by atoms with Gasteiger partial charge in [-0.25, -0.2) is 4.79 Å². The molecule has 1 unspecified atom stereocenters. The molecule has 18 heavy (non-hydrogen) atoms. The molecule has 1 aliphatic heterocycles. The molecule has 1 aromatic carbocycles. The molecule has 5 nitrogen and oxygen atoms in total.